The predicted molar refractivity (Wildman–Crippen MR) is 150 cm³/mol. The topological polar surface area (TPSA) is 119 Å². The molecule has 12 heteroatoms. The van der Waals surface area contributed by atoms with Gasteiger partial charge in [-0.1, -0.05) is 48.9 Å². The summed E-state index contributed by atoms with van der Waals surface area (Å²) >= 11 is 6.07. The third-order valence-electron chi connectivity index (χ3n) is 6.46. The van der Waals surface area contributed by atoms with Gasteiger partial charge in [-0.15, -0.1) is 5.10 Å². The average Bonchev–Trinajstić information content (AvgIpc) is 3.24. The van der Waals surface area contributed by atoms with Crippen molar-refractivity contribution in [1.82, 2.24) is 14.3 Å². The van der Waals surface area contributed by atoms with Gasteiger partial charge in [0.1, 0.15) is 0 Å². The van der Waals surface area contributed by atoms with Crippen molar-refractivity contribution in [3.05, 3.63) is 80.9 Å². The molecule has 4 N–H and O–H groups in total. The van der Waals surface area contributed by atoms with Gasteiger partial charge in [0.15, 0.2) is 5.82 Å². The first-order chi connectivity index (χ1) is 19.1. The summed E-state index contributed by atoms with van der Waals surface area (Å²) in [6.45, 7) is 1.27. The number of alkyl halides is 3. The molecule has 1 saturated carbocycles. The Kier molecular flexibility index (Phi) is 10.7. The van der Waals surface area contributed by atoms with E-state index in [0.29, 0.717) is 46.8 Å². The van der Waals surface area contributed by atoms with Crippen LogP contribution in [0.1, 0.15) is 38.2 Å². The molecule has 216 valence electrons. The number of aliphatic hydroxyl groups excluding tert-OH is 2. The van der Waals surface area contributed by atoms with Crippen LogP contribution in [-0.4, -0.2) is 49.7 Å². The third kappa shape index (κ3) is 7.83. The van der Waals surface area contributed by atoms with Crippen LogP contribution in [0.5, 0.6) is 0 Å². The summed E-state index contributed by atoms with van der Waals surface area (Å²) in [6.07, 6.45) is -3.98. The second kappa shape index (κ2) is 13.8. The van der Waals surface area contributed by atoms with E-state index in [-0.39, 0.29) is 18.1 Å². The fraction of sp³-hybridized carbons (Fsp3) is 0.393. The molecule has 0 aliphatic heterocycles. The van der Waals surface area contributed by atoms with Crippen LogP contribution >= 0.6 is 11.6 Å². The van der Waals surface area contributed by atoms with Gasteiger partial charge >= 0.3 is 11.9 Å². The maximum atomic E-state index is 13.2. The first kappa shape index (κ1) is 31.1. The van der Waals surface area contributed by atoms with Gasteiger partial charge in [0.05, 0.1) is 30.5 Å². The highest BCUT2D eigenvalue weighted by Gasteiger charge is 2.29. The zero-order valence-corrected chi connectivity index (χ0v) is 23.1. The number of aryl methyl sites for hydroxylation is 1. The first-order valence-corrected chi connectivity index (χ1v) is 13.2. The molecule has 2 aromatic carbocycles. The van der Waals surface area contributed by atoms with Crippen molar-refractivity contribution in [1.29, 1.82) is 0 Å². The van der Waals surface area contributed by atoms with Gasteiger partial charge in [-0.05, 0) is 55.0 Å². The number of aliphatic imine (C=N–C) groups is 1. The van der Waals surface area contributed by atoms with E-state index in [2.05, 4.69) is 10.1 Å². The highest BCUT2D eigenvalue weighted by Crippen LogP contribution is 2.28. The summed E-state index contributed by atoms with van der Waals surface area (Å²) in [5.74, 6) is 0.135. The van der Waals surface area contributed by atoms with Crippen LogP contribution in [0.2, 0.25) is 5.02 Å². The Morgan fingerprint density at radius 1 is 1.20 bits per heavy atom. The summed E-state index contributed by atoms with van der Waals surface area (Å²) in [5, 5.41) is 22.5. The van der Waals surface area contributed by atoms with E-state index in [1.54, 1.807) is 36.4 Å². The number of nitrogens with two attached hydrogens (primary N) is 1. The molecule has 0 radical (unpaired) electrons. The molecule has 1 fully saturated rings. The van der Waals surface area contributed by atoms with Crippen LogP contribution < -0.4 is 11.4 Å². The largest absolute Gasteiger partial charge is 0.400 e. The molecule has 1 aliphatic carbocycles. The van der Waals surface area contributed by atoms with Crippen molar-refractivity contribution < 1.29 is 23.4 Å². The van der Waals surface area contributed by atoms with Crippen LogP contribution in [0.25, 0.3) is 11.4 Å². The Morgan fingerprint density at radius 3 is 2.52 bits per heavy atom. The summed E-state index contributed by atoms with van der Waals surface area (Å²) in [7, 11) is 1.00. The minimum absolute atomic E-state index is 0.135. The van der Waals surface area contributed by atoms with Crippen molar-refractivity contribution in [3.63, 3.8) is 0 Å². The number of hydrogen-bond acceptors (Lipinski definition) is 6. The number of halogens is 4. The Labute approximate surface area is 235 Å². The maximum absolute atomic E-state index is 13.2. The van der Waals surface area contributed by atoms with E-state index in [0.717, 1.165) is 28.3 Å². The van der Waals surface area contributed by atoms with E-state index in [4.69, 9.17) is 22.4 Å². The molecule has 1 aromatic heterocycles. The molecule has 1 aliphatic rings. The van der Waals surface area contributed by atoms with Gasteiger partial charge in [0, 0.05) is 29.9 Å². The van der Waals surface area contributed by atoms with E-state index < -0.39 is 30.9 Å². The molecule has 8 nitrogen and oxygen atoms in total. The number of nitrogens with zero attached hydrogens (tertiary/aromatic N) is 4. The molecule has 0 spiro atoms. The smallest absolute Gasteiger partial charge is 0.390 e. The Balaban J connectivity index is 0.00000216. The lowest BCUT2D eigenvalue weighted by molar-refractivity contribution is -0.136. The molecule has 3 aromatic rings. The van der Waals surface area contributed by atoms with Gasteiger partial charge in [-0.25, -0.2) is 9.48 Å². The van der Waals surface area contributed by atoms with Crippen LogP contribution in [0.3, 0.4) is 0 Å². The number of aliphatic hydroxyl groups is 2. The minimum atomic E-state index is -4.43. The van der Waals surface area contributed by atoms with Crippen LogP contribution in [0.4, 0.5) is 18.9 Å². The predicted octanol–water partition coefficient (Wildman–Crippen LogP) is 5.02. The Hall–Kier alpha value is -3.41. The molecule has 1 atom stereocenters. The summed E-state index contributed by atoms with van der Waals surface area (Å²) in [5.41, 5.74) is 9.11. The lowest BCUT2D eigenvalue weighted by atomic mass is 9.88. The fourth-order valence-corrected chi connectivity index (χ4v) is 4.62. The van der Waals surface area contributed by atoms with Crippen LogP contribution in [0, 0.1) is 0 Å². The number of aromatic nitrogens is 3. The lowest BCUT2D eigenvalue weighted by Gasteiger charge is -2.24. The van der Waals surface area contributed by atoms with Crippen LogP contribution in [0.15, 0.2) is 69.6 Å². The molecule has 4 rings (SSSR count). The zero-order valence-electron chi connectivity index (χ0n) is 22.3. The quantitative estimate of drug-likeness (QED) is 0.363. The second-order valence-corrected chi connectivity index (χ2v) is 9.66. The first-order valence-electron chi connectivity index (χ1n) is 12.8. The van der Waals surface area contributed by atoms with Gasteiger partial charge in [0.25, 0.3) is 0 Å². The van der Waals surface area contributed by atoms with E-state index in [1.165, 1.54) is 0 Å². The van der Waals surface area contributed by atoms with Gasteiger partial charge in [-0.3, -0.25) is 9.56 Å². The second-order valence-electron chi connectivity index (χ2n) is 9.22. The highest BCUT2D eigenvalue weighted by molar-refractivity contribution is 6.30. The molecule has 0 amide bonds. The molecule has 0 saturated heterocycles. The maximum Gasteiger partial charge on any atom is 0.390 e. The van der Waals surface area contributed by atoms with Crippen molar-refractivity contribution in [2.24, 2.45) is 10.7 Å². The summed E-state index contributed by atoms with van der Waals surface area (Å²) < 4.78 is 41.2. The SMILES string of the molecule is CCc1ccc(-c2nn(C/C(N)=C3\CCCC(O)C3=Nc3cccc(Cl)c3)c(=O)n2CCC(F)(F)F)cc1.CO. The van der Waals surface area contributed by atoms with E-state index in [9.17, 15) is 23.1 Å². The number of allylic oxidation sites excluding steroid dienone is 1. The molecule has 1 unspecified atom stereocenters. The Morgan fingerprint density at radius 2 is 1.90 bits per heavy atom. The fourth-order valence-electron chi connectivity index (χ4n) is 4.43. The molecule has 1 heterocycles. The molecular formula is C28H33ClF3N5O3. The molecule has 40 heavy (non-hydrogen) atoms. The third-order valence-corrected chi connectivity index (χ3v) is 6.69. The molecule has 0 bridgehead atoms. The summed E-state index contributed by atoms with van der Waals surface area (Å²) in [4.78, 5) is 17.8. The standard InChI is InChI=1S/C27H29ClF3N5O2.CH4O/c1-2-17-9-11-18(12-10-17)25-34-36(26(38)35(25)14-13-27(29,30)31)16-22(32)21-7-4-8-23(37)24(21)33-20-6-3-5-19(28)15-20;1-2/h3,5-6,9-12,15,23,37H,2,4,7-8,13-14,16,32H2,1H3;2H,1H3/b22-21-,33-24?;. The van der Waals surface area contributed by atoms with Crippen LogP contribution in [-0.2, 0) is 19.5 Å². The lowest BCUT2D eigenvalue weighted by Crippen LogP contribution is -2.32. The van der Waals surface area contributed by atoms with E-state index >= 15 is 0 Å². The minimum Gasteiger partial charge on any atom is -0.400 e. The van der Waals surface area contributed by atoms with Crippen molar-refractivity contribution in [3.8, 4) is 11.4 Å². The van der Waals surface area contributed by atoms with Gasteiger partial charge < -0.3 is 15.9 Å². The summed E-state index contributed by atoms with van der Waals surface area (Å²) in [6, 6.07) is 14.0. The monoisotopic (exact) mass is 579 g/mol. The Bertz CT molecular complexity index is 1410. The van der Waals surface area contributed by atoms with E-state index in [1.807, 2.05) is 19.1 Å². The van der Waals surface area contributed by atoms with Crippen molar-refractivity contribution in [2.45, 2.75) is 64.4 Å². The molecular weight excluding hydrogens is 547 g/mol. The number of hydrogen-bond donors (Lipinski definition) is 3. The normalized spacial score (nSPS) is 17.9. The van der Waals surface area contributed by atoms with Gasteiger partial charge in [-0.2, -0.15) is 13.2 Å². The van der Waals surface area contributed by atoms with Crippen molar-refractivity contribution >= 4 is 23.0 Å². The zero-order chi connectivity index (χ0) is 29.4. The van der Waals surface area contributed by atoms with Gasteiger partial charge in [0.2, 0.25) is 0 Å². The average molecular weight is 580 g/mol. The van der Waals surface area contributed by atoms with Crippen molar-refractivity contribution in [2.75, 3.05) is 7.11 Å². The number of benzene rings is 2. The highest BCUT2D eigenvalue weighted by atomic mass is 35.5. The number of rotatable bonds is 7.